The molecule has 1 N–H and O–H groups in total. The zero-order valence-electron chi connectivity index (χ0n) is 19.3. The molecule has 1 amide bonds. The Balaban J connectivity index is 1.41. The van der Waals surface area contributed by atoms with E-state index in [0.717, 1.165) is 42.8 Å². The van der Waals surface area contributed by atoms with Crippen LogP contribution in [0.5, 0.6) is 0 Å². The van der Waals surface area contributed by atoms with E-state index in [1.807, 2.05) is 17.9 Å². The Kier molecular flexibility index (Phi) is 5.22. The van der Waals surface area contributed by atoms with Crippen molar-refractivity contribution >= 4 is 11.7 Å². The molecule has 3 heterocycles. The third kappa shape index (κ3) is 3.48. The van der Waals surface area contributed by atoms with E-state index in [4.69, 9.17) is 9.36 Å². The molecule has 0 saturated carbocycles. The first-order chi connectivity index (χ1) is 15.4. The van der Waals surface area contributed by atoms with Crippen LogP contribution in [0.1, 0.15) is 68.5 Å². The minimum absolute atomic E-state index is 0.0694. The SMILES string of the molecule is Cc1cc([C@@H](C(=O)N2C[C@H](C)CC2C2=NOC3(CCCc4ccccc43)N2)C(C)C)on1. The standard InChI is InChI=1S/C25H32N4O3/c1-15(2)22(21-13-17(4)27-31-21)24(30)29-14-16(3)12-20(29)23-26-25(32-28-23)11-7-9-18-8-5-6-10-19(18)25/h5-6,8,10,13,15-16,20,22H,7,9,11-12,14H2,1-4H3,(H,26,28)/t16-,20?,22+,25?/m1/s1. The van der Waals surface area contributed by atoms with Gasteiger partial charge < -0.3 is 19.6 Å². The Morgan fingerprint density at radius 1 is 1.31 bits per heavy atom. The van der Waals surface area contributed by atoms with Gasteiger partial charge in [0, 0.05) is 24.6 Å². The van der Waals surface area contributed by atoms with Gasteiger partial charge in [-0.3, -0.25) is 4.79 Å². The maximum absolute atomic E-state index is 13.8. The van der Waals surface area contributed by atoms with Gasteiger partial charge in [-0.1, -0.05) is 55.3 Å². The average Bonchev–Trinajstić information content (AvgIpc) is 3.48. The second kappa shape index (κ2) is 7.94. The molecule has 4 atom stereocenters. The molecule has 32 heavy (non-hydrogen) atoms. The van der Waals surface area contributed by atoms with E-state index in [2.05, 4.69) is 60.7 Å². The lowest BCUT2D eigenvalue weighted by Gasteiger charge is -2.35. The van der Waals surface area contributed by atoms with Gasteiger partial charge in [0.25, 0.3) is 0 Å². The monoisotopic (exact) mass is 436 g/mol. The Morgan fingerprint density at radius 3 is 2.88 bits per heavy atom. The number of aromatic nitrogens is 1. The van der Waals surface area contributed by atoms with Crippen molar-refractivity contribution in [2.45, 2.75) is 71.1 Å². The summed E-state index contributed by atoms with van der Waals surface area (Å²) < 4.78 is 5.52. The zero-order valence-corrected chi connectivity index (χ0v) is 19.3. The van der Waals surface area contributed by atoms with Gasteiger partial charge in [-0.25, -0.2) is 0 Å². The molecule has 1 aliphatic carbocycles. The number of benzene rings is 1. The van der Waals surface area contributed by atoms with Crippen LogP contribution in [0.4, 0.5) is 0 Å². The molecule has 0 bridgehead atoms. The summed E-state index contributed by atoms with van der Waals surface area (Å²) in [4.78, 5) is 21.9. The van der Waals surface area contributed by atoms with Crippen LogP contribution in [-0.4, -0.2) is 34.4 Å². The van der Waals surface area contributed by atoms with Gasteiger partial charge in [0.15, 0.2) is 5.84 Å². The normalized spacial score (nSPS) is 27.8. The fraction of sp³-hybridized carbons (Fsp3) is 0.560. The number of aryl methyl sites for hydroxylation is 2. The molecule has 5 rings (SSSR count). The summed E-state index contributed by atoms with van der Waals surface area (Å²) in [5, 5.41) is 12.2. The van der Waals surface area contributed by atoms with Gasteiger partial charge in [0.05, 0.1) is 11.7 Å². The fourth-order valence-corrected chi connectivity index (χ4v) is 5.54. The molecular weight excluding hydrogens is 404 g/mol. The molecule has 2 aliphatic heterocycles. The average molecular weight is 437 g/mol. The Labute approximate surface area is 189 Å². The van der Waals surface area contributed by atoms with Crippen molar-refractivity contribution in [3.05, 3.63) is 52.9 Å². The first kappa shape index (κ1) is 21.0. The van der Waals surface area contributed by atoms with Crippen molar-refractivity contribution in [1.29, 1.82) is 0 Å². The van der Waals surface area contributed by atoms with Gasteiger partial charge in [-0.05, 0) is 43.6 Å². The summed E-state index contributed by atoms with van der Waals surface area (Å²) in [5.74, 6) is 1.58. The number of carbonyl (C=O) groups is 1. The minimum Gasteiger partial charge on any atom is -0.360 e. The van der Waals surface area contributed by atoms with Crippen molar-refractivity contribution in [3.63, 3.8) is 0 Å². The Hall–Kier alpha value is -2.83. The van der Waals surface area contributed by atoms with Crippen molar-refractivity contribution in [1.82, 2.24) is 15.4 Å². The number of amidine groups is 1. The molecule has 170 valence electrons. The van der Waals surface area contributed by atoms with E-state index in [-0.39, 0.29) is 23.8 Å². The number of hydrogen-bond acceptors (Lipinski definition) is 6. The maximum atomic E-state index is 13.8. The van der Waals surface area contributed by atoms with Gasteiger partial charge >= 0.3 is 0 Å². The number of amides is 1. The predicted molar refractivity (Wildman–Crippen MR) is 121 cm³/mol. The quantitative estimate of drug-likeness (QED) is 0.781. The van der Waals surface area contributed by atoms with Gasteiger partial charge in [0.1, 0.15) is 11.7 Å². The Bertz CT molecular complexity index is 1050. The van der Waals surface area contributed by atoms with Crippen LogP contribution < -0.4 is 5.32 Å². The number of fused-ring (bicyclic) bond motifs is 2. The third-order valence-electron chi connectivity index (χ3n) is 7.05. The number of nitrogens with one attached hydrogen (secondary N) is 1. The van der Waals surface area contributed by atoms with Crippen LogP contribution in [0, 0.1) is 18.8 Å². The predicted octanol–water partition coefficient (Wildman–Crippen LogP) is 4.08. The molecule has 1 aromatic carbocycles. The highest BCUT2D eigenvalue weighted by molar-refractivity contribution is 5.94. The van der Waals surface area contributed by atoms with Crippen molar-refractivity contribution in [3.8, 4) is 0 Å². The van der Waals surface area contributed by atoms with Crippen LogP contribution in [0.15, 0.2) is 40.0 Å². The fourth-order valence-electron chi connectivity index (χ4n) is 5.54. The molecule has 3 aliphatic rings. The van der Waals surface area contributed by atoms with Gasteiger partial charge in [-0.2, -0.15) is 0 Å². The maximum Gasteiger partial charge on any atom is 0.234 e. The number of hydrogen-bond donors (Lipinski definition) is 1. The molecule has 1 aromatic heterocycles. The second-order valence-corrected chi connectivity index (χ2v) is 9.97. The van der Waals surface area contributed by atoms with Crippen molar-refractivity contribution < 1.29 is 14.2 Å². The van der Waals surface area contributed by atoms with Crippen molar-refractivity contribution in [2.24, 2.45) is 17.0 Å². The first-order valence-electron chi connectivity index (χ1n) is 11.7. The van der Waals surface area contributed by atoms with Gasteiger partial charge in [-0.15, -0.1) is 0 Å². The van der Waals surface area contributed by atoms with E-state index in [0.29, 0.717) is 18.2 Å². The molecular formula is C25H32N4O3. The van der Waals surface area contributed by atoms with E-state index in [1.165, 1.54) is 5.56 Å². The van der Waals surface area contributed by atoms with Crippen LogP contribution >= 0.6 is 0 Å². The molecule has 2 aromatic rings. The molecule has 7 nitrogen and oxygen atoms in total. The molecule has 0 radical (unpaired) electrons. The van der Waals surface area contributed by atoms with E-state index in [9.17, 15) is 4.79 Å². The summed E-state index contributed by atoms with van der Waals surface area (Å²) in [6.07, 6.45) is 3.81. The van der Waals surface area contributed by atoms with Crippen LogP contribution in [0.2, 0.25) is 0 Å². The number of rotatable bonds is 4. The summed E-state index contributed by atoms with van der Waals surface area (Å²) in [5.41, 5.74) is 2.63. The molecule has 7 heteroatoms. The van der Waals surface area contributed by atoms with E-state index in [1.54, 1.807) is 0 Å². The highest BCUT2D eigenvalue weighted by Gasteiger charge is 2.49. The lowest BCUT2D eigenvalue weighted by Crippen LogP contribution is -2.52. The highest BCUT2D eigenvalue weighted by atomic mass is 16.7. The van der Waals surface area contributed by atoms with E-state index >= 15 is 0 Å². The minimum atomic E-state index is -0.621. The zero-order chi connectivity index (χ0) is 22.5. The molecule has 1 fully saturated rings. The van der Waals surface area contributed by atoms with Crippen LogP contribution in [0.3, 0.4) is 0 Å². The van der Waals surface area contributed by atoms with Crippen LogP contribution in [-0.2, 0) is 21.8 Å². The lowest BCUT2D eigenvalue weighted by atomic mass is 9.84. The molecule has 1 spiro atoms. The largest absolute Gasteiger partial charge is 0.360 e. The summed E-state index contributed by atoms with van der Waals surface area (Å²) in [7, 11) is 0. The van der Waals surface area contributed by atoms with Crippen LogP contribution in [0.25, 0.3) is 0 Å². The number of oxime groups is 1. The highest BCUT2D eigenvalue weighted by Crippen LogP contribution is 2.40. The topological polar surface area (TPSA) is 80.0 Å². The molecule has 1 saturated heterocycles. The number of carbonyl (C=O) groups excluding carboxylic acids is 1. The molecule has 2 unspecified atom stereocenters. The number of likely N-dealkylation sites (tertiary alicyclic amines) is 1. The second-order valence-electron chi connectivity index (χ2n) is 9.97. The Morgan fingerprint density at radius 2 is 2.12 bits per heavy atom. The lowest BCUT2D eigenvalue weighted by molar-refractivity contribution is -0.134. The third-order valence-corrected chi connectivity index (χ3v) is 7.05. The van der Waals surface area contributed by atoms with Gasteiger partial charge in [0.2, 0.25) is 11.6 Å². The number of nitrogens with zero attached hydrogens (tertiary/aromatic N) is 3. The summed E-state index contributed by atoms with van der Waals surface area (Å²) >= 11 is 0. The smallest absolute Gasteiger partial charge is 0.234 e. The van der Waals surface area contributed by atoms with Crippen molar-refractivity contribution in [2.75, 3.05) is 6.54 Å². The first-order valence-corrected chi connectivity index (χ1v) is 11.7. The summed E-state index contributed by atoms with van der Waals surface area (Å²) in [6, 6.07) is 10.2. The van der Waals surface area contributed by atoms with E-state index < -0.39 is 5.72 Å². The summed E-state index contributed by atoms with van der Waals surface area (Å²) in [6.45, 7) is 8.87.